The van der Waals surface area contributed by atoms with Gasteiger partial charge in [-0.25, -0.2) is 0 Å². The predicted molar refractivity (Wildman–Crippen MR) is 117 cm³/mol. The van der Waals surface area contributed by atoms with E-state index in [0.29, 0.717) is 19.3 Å². The zero-order valence-corrected chi connectivity index (χ0v) is 19.5. The maximum atomic E-state index is 12.9. The zero-order valence-electron chi connectivity index (χ0n) is 19.5. The highest BCUT2D eigenvalue weighted by molar-refractivity contribution is 5.77. The molecule has 7 nitrogen and oxygen atoms in total. The van der Waals surface area contributed by atoms with Crippen molar-refractivity contribution >= 4 is 17.9 Å². The Bertz CT molecular complexity index is 796. The first-order valence-electron chi connectivity index (χ1n) is 11.7. The lowest BCUT2D eigenvalue weighted by atomic mass is 9.65. The molecule has 3 aliphatic rings. The van der Waals surface area contributed by atoms with Crippen molar-refractivity contribution in [3.05, 3.63) is 23.8 Å². The average Bonchev–Trinajstić information content (AvgIpc) is 2.72. The summed E-state index contributed by atoms with van der Waals surface area (Å²) < 4.78 is 11.4. The zero-order chi connectivity index (χ0) is 23.6. The molecule has 0 spiro atoms. The molecule has 0 aromatic carbocycles. The van der Waals surface area contributed by atoms with E-state index in [-0.39, 0.29) is 48.6 Å². The number of carboxylic acid groups (broad SMARTS) is 1. The third kappa shape index (κ3) is 5.42. The standard InChI is InChI=1S/C25H36O7/c1-5-25(3,4)24(30)32-20-11-16(23(28)29)10-15-7-6-14(2)19(22(15)20)9-8-18-12-17(26)13-21(27)31-18/h6-7,10,14,16-20,22,26H,5,8-9,11-13H2,1-4H3,(H,28,29)/t14-,16-,17+,18+,19-,20-,22-/m0/s1. The summed E-state index contributed by atoms with van der Waals surface area (Å²) in [6.45, 7) is 7.72. The minimum absolute atomic E-state index is 0.0381. The molecule has 0 saturated carbocycles. The van der Waals surface area contributed by atoms with Crippen molar-refractivity contribution in [1.82, 2.24) is 0 Å². The van der Waals surface area contributed by atoms with Crippen molar-refractivity contribution in [3.8, 4) is 0 Å². The first-order chi connectivity index (χ1) is 15.0. The summed E-state index contributed by atoms with van der Waals surface area (Å²) in [5, 5.41) is 19.6. The number of carboxylic acids is 1. The van der Waals surface area contributed by atoms with Gasteiger partial charge in [-0.3, -0.25) is 14.4 Å². The molecule has 0 bridgehead atoms. The highest BCUT2D eigenvalue weighted by atomic mass is 16.6. The third-order valence-electron chi connectivity index (χ3n) is 7.46. The topological polar surface area (TPSA) is 110 Å². The van der Waals surface area contributed by atoms with Crippen LogP contribution in [0, 0.1) is 29.1 Å². The van der Waals surface area contributed by atoms with Crippen LogP contribution < -0.4 is 0 Å². The minimum Gasteiger partial charge on any atom is -0.481 e. The van der Waals surface area contributed by atoms with E-state index in [0.717, 1.165) is 12.0 Å². The number of hydrogen-bond acceptors (Lipinski definition) is 6. The van der Waals surface area contributed by atoms with Crippen molar-refractivity contribution in [2.45, 2.75) is 84.5 Å². The second-order valence-corrected chi connectivity index (χ2v) is 10.2. The van der Waals surface area contributed by atoms with Gasteiger partial charge in [-0.1, -0.05) is 32.1 Å². The number of aliphatic hydroxyl groups excluding tert-OH is 1. The SMILES string of the molecule is CCC(C)(C)C(=O)O[C@H]1C[C@@H](C(=O)O)C=C2C=C[C@H](C)[C@H](CC[C@@H]3C[C@@H](O)CC(=O)O3)[C@H]21. The van der Waals surface area contributed by atoms with Crippen LogP contribution in [0.3, 0.4) is 0 Å². The Labute approximate surface area is 189 Å². The number of aliphatic carboxylic acids is 1. The molecule has 1 saturated heterocycles. The maximum absolute atomic E-state index is 12.9. The molecule has 1 aliphatic heterocycles. The van der Waals surface area contributed by atoms with Gasteiger partial charge in [0.25, 0.3) is 0 Å². The predicted octanol–water partition coefficient (Wildman–Crippen LogP) is 3.65. The Kier molecular flexibility index (Phi) is 7.48. The smallest absolute Gasteiger partial charge is 0.311 e. The van der Waals surface area contributed by atoms with E-state index < -0.39 is 29.5 Å². The van der Waals surface area contributed by atoms with E-state index >= 15 is 0 Å². The molecule has 2 N–H and O–H groups in total. The molecule has 7 heteroatoms. The summed E-state index contributed by atoms with van der Waals surface area (Å²) >= 11 is 0. The van der Waals surface area contributed by atoms with E-state index in [1.807, 2.05) is 26.8 Å². The van der Waals surface area contributed by atoms with Crippen LogP contribution in [0.4, 0.5) is 0 Å². The number of carbonyl (C=O) groups excluding carboxylic acids is 2. The molecule has 0 amide bonds. The molecule has 178 valence electrons. The number of rotatable bonds is 7. The number of esters is 2. The third-order valence-corrected chi connectivity index (χ3v) is 7.46. The number of carbonyl (C=O) groups is 3. The van der Waals surface area contributed by atoms with Gasteiger partial charge >= 0.3 is 17.9 Å². The van der Waals surface area contributed by atoms with E-state index in [4.69, 9.17) is 9.47 Å². The summed E-state index contributed by atoms with van der Waals surface area (Å²) in [4.78, 5) is 36.4. The number of aliphatic hydroxyl groups is 1. The number of cyclic esters (lactones) is 1. The summed E-state index contributed by atoms with van der Waals surface area (Å²) in [5.74, 6) is -2.09. The molecular formula is C25H36O7. The molecule has 0 unspecified atom stereocenters. The molecule has 1 heterocycles. The van der Waals surface area contributed by atoms with E-state index in [9.17, 15) is 24.6 Å². The fourth-order valence-corrected chi connectivity index (χ4v) is 5.04. The fourth-order valence-electron chi connectivity index (χ4n) is 5.04. The van der Waals surface area contributed by atoms with Crippen molar-refractivity contribution in [2.24, 2.45) is 29.1 Å². The second-order valence-electron chi connectivity index (χ2n) is 10.2. The first-order valence-corrected chi connectivity index (χ1v) is 11.7. The van der Waals surface area contributed by atoms with Crippen LogP contribution in [0.2, 0.25) is 0 Å². The monoisotopic (exact) mass is 448 g/mol. The Hall–Kier alpha value is -2.15. The highest BCUT2D eigenvalue weighted by Crippen LogP contribution is 2.45. The molecule has 0 aromatic heterocycles. The largest absolute Gasteiger partial charge is 0.481 e. The molecule has 2 aliphatic carbocycles. The molecule has 1 fully saturated rings. The van der Waals surface area contributed by atoms with Gasteiger partial charge in [0.1, 0.15) is 12.2 Å². The van der Waals surface area contributed by atoms with Gasteiger partial charge in [-0.05, 0) is 50.5 Å². The van der Waals surface area contributed by atoms with Gasteiger partial charge in [0.05, 0.1) is 23.9 Å². The lowest BCUT2D eigenvalue weighted by Crippen LogP contribution is -2.44. The first kappa shape index (κ1) is 24.5. The number of fused-ring (bicyclic) bond motifs is 1. The van der Waals surface area contributed by atoms with Gasteiger partial charge < -0.3 is 19.7 Å². The lowest BCUT2D eigenvalue weighted by Gasteiger charge is -2.44. The van der Waals surface area contributed by atoms with Gasteiger partial charge in [0.15, 0.2) is 0 Å². The second kappa shape index (κ2) is 9.77. The Morgan fingerprint density at radius 1 is 1.25 bits per heavy atom. The molecule has 0 radical (unpaired) electrons. The minimum atomic E-state index is -0.918. The van der Waals surface area contributed by atoms with E-state index in [1.165, 1.54) is 0 Å². The van der Waals surface area contributed by atoms with Gasteiger partial charge in [0.2, 0.25) is 0 Å². The Balaban J connectivity index is 1.82. The fraction of sp³-hybridized carbons (Fsp3) is 0.720. The highest BCUT2D eigenvalue weighted by Gasteiger charge is 2.45. The molecular weight excluding hydrogens is 412 g/mol. The summed E-state index contributed by atoms with van der Waals surface area (Å²) in [6.07, 6.45) is 7.01. The van der Waals surface area contributed by atoms with Crippen molar-refractivity contribution in [1.29, 1.82) is 0 Å². The van der Waals surface area contributed by atoms with Crippen LogP contribution in [-0.4, -0.2) is 46.4 Å². The normalized spacial score (nSPS) is 34.8. The number of allylic oxidation sites excluding steroid dienone is 2. The van der Waals surface area contributed by atoms with Crippen LogP contribution in [0.15, 0.2) is 23.8 Å². The molecule has 32 heavy (non-hydrogen) atoms. The van der Waals surface area contributed by atoms with Crippen LogP contribution in [0.1, 0.15) is 66.2 Å². The number of ether oxygens (including phenoxy) is 2. The number of hydrogen-bond donors (Lipinski definition) is 2. The molecule has 3 rings (SSSR count). The molecule has 0 aromatic rings. The summed E-state index contributed by atoms with van der Waals surface area (Å²) in [7, 11) is 0. The van der Waals surface area contributed by atoms with Crippen molar-refractivity contribution in [2.75, 3.05) is 0 Å². The Morgan fingerprint density at radius 3 is 2.59 bits per heavy atom. The Morgan fingerprint density at radius 2 is 1.97 bits per heavy atom. The van der Waals surface area contributed by atoms with E-state index in [2.05, 4.69) is 13.0 Å². The average molecular weight is 449 g/mol. The van der Waals surface area contributed by atoms with E-state index in [1.54, 1.807) is 6.08 Å². The maximum Gasteiger partial charge on any atom is 0.311 e. The molecule has 7 atom stereocenters. The lowest BCUT2D eigenvalue weighted by molar-refractivity contribution is -0.167. The van der Waals surface area contributed by atoms with Crippen LogP contribution in [-0.2, 0) is 23.9 Å². The van der Waals surface area contributed by atoms with Crippen molar-refractivity contribution in [3.63, 3.8) is 0 Å². The summed E-state index contributed by atoms with van der Waals surface area (Å²) in [5.41, 5.74) is 0.262. The summed E-state index contributed by atoms with van der Waals surface area (Å²) in [6, 6.07) is 0. The van der Waals surface area contributed by atoms with Gasteiger partial charge in [-0.15, -0.1) is 0 Å². The van der Waals surface area contributed by atoms with Crippen LogP contribution in [0.25, 0.3) is 0 Å². The van der Waals surface area contributed by atoms with Gasteiger partial charge in [-0.2, -0.15) is 0 Å². The van der Waals surface area contributed by atoms with Gasteiger partial charge in [0, 0.05) is 18.8 Å². The quantitative estimate of drug-likeness (QED) is 0.572. The van der Waals surface area contributed by atoms with Crippen LogP contribution in [0.5, 0.6) is 0 Å². The van der Waals surface area contributed by atoms with Crippen LogP contribution >= 0.6 is 0 Å². The van der Waals surface area contributed by atoms with Crippen molar-refractivity contribution < 1.29 is 34.1 Å².